The van der Waals surface area contributed by atoms with E-state index in [2.05, 4.69) is 12.2 Å². The molecule has 108 valence electrons. The monoisotopic (exact) mass is 269 g/mol. The summed E-state index contributed by atoms with van der Waals surface area (Å²) in [5.41, 5.74) is 0.974. The van der Waals surface area contributed by atoms with Crippen LogP contribution in [0.3, 0.4) is 0 Å². The number of halogens is 1. The van der Waals surface area contributed by atoms with Crippen molar-refractivity contribution in [2.24, 2.45) is 5.92 Å². The zero-order chi connectivity index (χ0) is 14.3. The lowest BCUT2D eigenvalue weighted by Gasteiger charge is -2.20. The van der Waals surface area contributed by atoms with Crippen LogP contribution in [0.4, 0.5) is 4.39 Å². The Balaban J connectivity index is 2.62. The first-order valence-corrected chi connectivity index (χ1v) is 6.59. The highest BCUT2D eigenvalue weighted by atomic mass is 19.1. The molecule has 0 aliphatic rings. The van der Waals surface area contributed by atoms with E-state index in [9.17, 15) is 4.39 Å². The highest BCUT2D eigenvalue weighted by Gasteiger charge is 2.13. The second-order valence-electron chi connectivity index (χ2n) is 4.95. The third-order valence-electron chi connectivity index (χ3n) is 3.24. The van der Waals surface area contributed by atoms with Gasteiger partial charge in [0.2, 0.25) is 0 Å². The van der Waals surface area contributed by atoms with E-state index in [4.69, 9.17) is 9.47 Å². The van der Waals surface area contributed by atoms with Crippen LogP contribution in [0.5, 0.6) is 5.75 Å². The molecule has 0 saturated carbocycles. The Kier molecular flexibility index (Phi) is 6.81. The molecule has 0 aliphatic heterocycles. The Labute approximate surface area is 115 Å². The number of likely N-dealkylation sites (N-methyl/N-ethyl adjacent to an activating group) is 1. The molecule has 0 spiro atoms. The van der Waals surface area contributed by atoms with E-state index in [-0.39, 0.29) is 11.6 Å². The number of hydrogen-bond donors (Lipinski definition) is 1. The Bertz CT molecular complexity index is 384. The van der Waals surface area contributed by atoms with Crippen LogP contribution in [0.2, 0.25) is 0 Å². The van der Waals surface area contributed by atoms with Gasteiger partial charge in [0, 0.05) is 19.8 Å². The van der Waals surface area contributed by atoms with E-state index in [1.54, 1.807) is 19.2 Å². The van der Waals surface area contributed by atoms with Crippen LogP contribution in [0.1, 0.15) is 18.9 Å². The van der Waals surface area contributed by atoms with Gasteiger partial charge < -0.3 is 14.8 Å². The summed E-state index contributed by atoms with van der Waals surface area (Å²) in [4.78, 5) is 0. The standard InChI is InChI=1S/C15H24FNO2/c1-11(10-18-3)7-13(17-2)8-12-5-6-15(19-4)14(16)9-12/h5-6,9,11,13,17H,7-8,10H2,1-4H3. The van der Waals surface area contributed by atoms with Crippen molar-refractivity contribution in [2.45, 2.75) is 25.8 Å². The fourth-order valence-electron chi connectivity index (χ4n) is 2.26. The minimum atomic E-state index is -0.306. The second kappa shape index (κ2) is 8.12. The van der Waals surface area contributed by atoms with Crippen molar-refractivity contribution in [3.63, 3.8) is 0 Å². The SMILES string of the molecule is CNC(Cc1ccc(OC)c(F)c1)CC(C)COC. The van der Waals surface area contributed by atoms with Crippen molar-refractivity contribution >= 4 is 0 Å². The van der Waals surface area contributed by atoms with Crippen molar-refractivity contribution < 1.29 is 13.9 Å². The van der Waals surface area contributed by atoms with Gasteiger partial charge in [-0.25, -0.2) is 4.39 Å². The van der Waals surface area contributed by atoms with E-state index in [0.29, 0.717) is 12.0 Å². The molecule has 0 saturated heterocycles. The molecule has 1 N–H and O–H groups in total. The quantitative estimate of drug-likeness (QED) is 0.787. The molecule has 1 rings (SSSR count). The van der Waals surface area contributed by atoms with Gasteiger partial charge in [0.05, 0.1) is 7.11 Å². The van der Waals surface area contributed by atoms with Gasteiger partial charge in [0.25, 0.3) is 0 Å². The van der Waals surface area contributed by atoms with Crippen LogP contribution < -0.4 is 10.1 Å². The first-order valence-electron chi connectivity index (χ1n) is 6.59. The summed E-state index contributed by atoms with van der Waals surface area (Å²) < 4.78 is 23.7. The highest BCUT2D eigenvalue weighted by Crippen LogP contribution is 2.19. The van der Waals surface area contributed by atoms with E-state index < -0.39 is 0 Å². The lowest BCUT2D eigenvalue weighted by Crippen LogP contribution is -2.30. The first-order chi connectivity index (χ1) is 9.10. The van der Waals surface area contributed by atoms with Gasteiger partial charge >= 0.3 is 0 Å². The summed E-state index contributed by atoms with van der Waals surface area (Å²) in [5, 5.41) is 3.28. The van der Waals surface area contributed by atoms with Crippen LogP contribution in [0.25, 0.3) is 0 Å². The Morgan fingerprint density at radius 2 is 2.05 bits per heavy atom. The predicted octanol–water partition coefficient (Wildman–Crippen LogP) is 2.64. The fourth-order valence-corrected chi connectivity index (χ4v) is 2.26. The number of ether oxygens (including phenoxy) is 2. The molecular formula is C15H24FNO2. The molecule has 0 amide bonds. The smallest absolute Gasteiger partial charge is 0.165 e. The van der Waals surface area contributed by atoms with Crippen molar-refractivity contribution in [3.8, 4) is 5.75 Å². The van der Waals surface area contributed by atoms with Gasteiger partial charge in [0.1, 0.15) is 0 Å². The molecule has 2 unspecified atom stereocenters. The third-order valence-corrected chi connectivity index (χ3v) is 3.24. The molecule has 0 aliphatic carbocycles. The summed E-state index contributed by atoms with van der Waals surface area (Å²) in [6, 6.07) is 5.45. The van der Waals surface area contributed by atoms with Gasteiger partial charge in [-0.1, -0.05) is 13.0 Å². The lowest BCUT2D eigenvalue weighted by atomic mass is 9.96. The highest BCUT2D eigenvalue weighted by molar-refractivity contribution is 5.29. The molecule has 0 aromatic heterocycles. The number of methoxy groups -OCH3 is 2. The zero-order valence-electron chi connectivity index (χ0n) is 12.2. The molecule has 2 atom stereocenters. The van der Waals surface area contributed by atoms with Gasteiger partial charge in [-0.15, -0.1) is 0 Å². The number of nitrogens with one attached hydrogen (secondary N) is 1. The maximum atomic E-state index is 13.6. The molecular weight excluding hydrogens is 245 g/mol. The van der Waals surface area contributed by atoms with Crippen molar-refractivity contribution in [1.82, 2.24) is 5.32 Å². The van der Waals surface area contributed by atoms with Crippen LogP contribution in [-0.2, 0) is 11.2 Å². The Morgan fingerprint density at radius 3 is 2.58 bits per heavy atom. The minimum Gasteiger partial charge on any atom is -0.494 e. The number of rotatable bonds is 8. The molecule has 0 heterocycles. The van der Waals surface area contributed by atoms with Crippen LogP contribution in [0, 0.1) is 11.7 Å². The lowest BCUT2D eigenvalue weighted by molar-refractivity contribution is 0.150. The molecule has 1 aromatic carbocycles. The first kappa shape index (κ1) is 15.9. The summed E-state index contributed by atoms with van der Waals surface area (Å²) in [6.07, 6.45) is 1.80. The number of hydrogen-bond acceptors (Lipinski definition) is 3. The Hall–Kier alpha value is -1.13. The number of benzene rings is 1. The van der Waals surface area contributed by atoms with Crippen molar-refractivity contribution in [1.29, 1.82) is 0 Å². The second-order valence-corrected chi connectivity index (χ2v) is 4.95. The maximum absolute atomic E-state index is 13.6. The molecule has 4 heteroatoms. The molecule has 1 aromatic rings. The van der Waals surface area contributed by atoms with Gasteiger partial charge in [-0.05, 0) is 43.5 Å². The third kappa shape index (κ3) is 5.17. The summed E-state index contributed by atoms with van der Waals surface area (Å²) in [5.74, 6) is 0.461. The van der Waals surface area contributed by atoms with E-state index >= 15 is 0 Å². The fraction of sp³-hybridized carbons (Fsp3) is 0.600. The topological polar surface area (TPSA) is 30.5 Å². The van der Waals surface area contributed by atoms with Gasteiger partial charge in [-0.3, -0.25) is 0 Å². The van der Waals surface area contributed by atoms with E-state index in [1.165, 1.54) is 7.11 Å². The van der Waals surface area contributed by atoms with Gasteiger partial charge in [0.15, 0.2) is 11.6 Å². The molecule has 0 fully saturated rings. The summed E-state index contributed by atoms with van der Waals surface area (Å²) >= 11 is 0. The maximum Gasteiger partial charge on any atom is 0.165 e. The van der Waals surface area contributed by atoms with Crippen LogP contribution in [0.15, 0.2) is 18.2 Å². The normalized spacial score (nSPS) is 14.2. The van der Waals surface area contributed by atoms with Crippen LogP contribution in [-0.4, -0.2) is 33.9 Å². The van der Waals surface area contributed by atoms with Crippen LogP contribution >= 0.6 is 0 Å². The molecule has 3 nitrogen and oxygen atoms in total. The van der Waals surface area contributed by atoms with Crippen molar-refractivity contribution in [3.05, 3.63) is 29.6 Å². The Morgan fingerprint density at radius 1 is 1.32 bits per heavy atom. The molecule has 19 heavy (non-hydrogen) atoms. The van der Waals surface area contributed by atoms with Crippen molar-refractivity contribution in [2.75, 3.05) is 27.9 Å². The molecule has 0 bridgehead atoms. The predicted molar refractivity (Wildman–Crippen MR) is 75.2 cm³/mol. The summed E-state index contributed by atoms with van der Waals surface area (Å²) in [7, 11) is 5.12. The largest absolute Gasteiger partial charge is 0.494 e. The molecule has 0 radical (unpaired) electrons. The minimum absolute atomic E-state index is 0.289. The average molecular weight is 269 g/mol. The average Bonchev–Trinajstić information content (AvgIpc) is 2.38. The zero-order valence-corrected chi connectivity index (χ0v) is 12.2. The van der Waals surface area contributed by atoms with Gasteiger partial charge in [-0.2, -0.15) is 0 Å². The summed E-state index contributed by atoms with van der Waals surface area (Å²) in [6.45, 7) is 2.90. The van der Waals surface area contributed by atoms with E-state index in [1.807, 2.05) is 13.1 Å². The van der Waals surface area contributed by atoms with E-state index in [0.717, 1.165) is 25.0 Å².